The number of carbonyl (C=O) groups excluding carboxylic acids is 1. The highest BCUT2D eigenvalue weighted by Crippen LogP contribution is 2.23. The fourth-order valence-corrected chi connectivity index (χ4v) is 2.66. The Labute approximate surface area is 134 Å². The van der Waals surface area contributed by atoms with Crippen molar-refractivity contribution < 1.29 is 9.53 Å². The van der Waals surface area contributed by atoms with Crippen molar-refractivity contribution in [1.29, 1.82) is 0 Å². The highest BCUT2D eigenvalue weighted by atomic mass is 79.9. The normalized spacial score (nSPS) is 21.8. The molecule has 2 N–H and O–H groups in total. The van der Waals surface area contributed by atoms with Gasteiger partial charge in [0, 0.05) is 17.1 Å². The lowest BCUT2D eigenvalue weighted by Crippen LogP contribution is -2.50. The third kappa shape index (κ3) is 4.11. The summed E-state index contributed by atoms with van der Waals surface area (Å²) in [4.78, 5) is 12.3. The number of amides is 1. The second kappa shape index (κ2) is 7.86. The lowest BCUT2D eigenvalue weighted by molar-refractivity contribution is 0.0914. The van der Waals surface area contributed by atoms with E-state index in [9.17, 15) is 4.79 Å². The Balaban J connectivity index is 0.00000200. The van der Waals surface area contributed by atoms with Gasteiger partial charge in [-0.3, -0.25) is 4.79 Å². The molecule has 0 radical (unpaired) electrons. The average molecular weight is 364 g/mol. The number of rotatable bonds is 3. The van der Waals surface area contributed by atoms with E-state index in [-0.39, 0.29) is 24.4 Å². The quantitative estimate of drug-likeness (QED) is 0.868. The first kappa shape index (κ1) is 17.3. The van der Waals surface area contributed by atoms with Gasteiger partial charge in [-0.1, -0.05) is 6.92 Å². The summed E-state index contributed by atoms with van der Waals surface area (Å²) in [5.41, 5.74) is 0.608. The molecule has 1 heterocycles. The number of carbonyl (C=O) groups is 1. The first-order chi connectivity index (χ1) is 9.11. The molecule has 2 unspecified atom stereocenters. The van der Waals surface area contributed by atoms with Crippen LogP contribution in [0.1, 0.15) is 23.7 Å². The van der Waals surface area contributed by atoms with E-state index < -0.39 is 0 Å². The van der Waals surface area contributed by atoms with Crippen molar-refractivity contribution >= 4 is 34.2 Å². The molecule has 0 spiro atoms. The molecule has 1 aliphatic heterocycles. The van der Waals surface area contributed by atoms with Gasteiger partial charge in [0.1, 0.15) is 5.75 Å². The topological polar surface area (TPSA) is 50.4 Å². The summed E-state index contributed by atoms with van der Waals surface area (Å²) in [6.07, 6.45) is 1.09. The number of nitrogens with one attached hydrogen (secondary N) is 2. The lowest BCUT2D eigenvalue weighted by Gasteiger charge is -2.30. The van der Waals surface area contributed by atoms with Gasteiger partial charge in [0.25, 0.3) is 5.91 Å². The van der Waals surface area contributed by atoms with Crippen LogP contribution in [0, 0.1) is 5.92 Å². The zero-order valence-corrected chi connectivity index (χ0v) is 14.0. The van der Waals surface area contributed by atoms with E-state index in [0.29, 0.717) is 17.2 Å². The van der Waals surface area contributed by atoms with Crippen LogP contribution in [0.4, 0.5) is 0 Å². The summed E-state index contributed by atoms with van der Waals surface area (Å²) in [6, 6.07) is 5.59. The number of hydrogen-bond acceptors (Lipinski definition) is 3. The van der Waals surface area contributed by atoms with E-state index in [1.54, 1.807) is 13.2 Å². The second-order valence-corrected chi connectivity index (χ2v) is 5.75. The van der Waals surface area contributed by atoms with Gasteiger partial charge in [-0.2, -0.15) is 0 Å². The maximum Gasteiger partial charge on any atom is 0.252 e. The number of hydrogen-bond donors (Lipinski definition) is 2. The predicted octanol–water partition coefficient (Wildman–Crippen LogP) is 2.61. The van der Waals surface area contributed by atoms with Crippen LogP contribution in [-0.4, -0.2) is 32.1 Å². The number of methoxy groups -OCH3 is 1. The first-order valence-corrected chi connectivity index (χ1v) is 7.26. The van der Waals surface area contributed by atoms with Crippen LogP contribution >= 0.6 is 28.3 Å². The smallest absolute Gasteiger partial charge is 0.252 e. The molecule has 1 saturated heterocycles. The molecule has 112 valence electrons. The molecule has 0 aliphatic carbocycles. The molecule has 2 atom stereocenters. The molecule has 4 nitrogen and oxygen atoms in total. The van der Waals surface area contributed by atoms with Crippen LogP contribution in [0.25, 0.3) is 0 Å². The van der Waals surface area contributed by atoms with Gasteiger partial charge in [-0.15, -0.1) is 12.4 Å². The van der Waals surface area contributed by atoms with Crippen molar-refractivity contribution in [2.75, 3.05) is 20.2 Å². The van der Waals surface area contributed by atoms with Gasteiger partial charge in [-0.05, 0) is 53.0 Å². The number of benzene rings is 1. The Hall–Kier alpha value is -0.780. The van der Waals surface area contributed by atoms with E-state index in [4.69, 9.17) is 4.74 Å². The minimum absolute atomic E-state index is 0. The van der Waals surface area contributed by atoms with Crippen molar-refractivity contribution in [3.8, 4) is 5.75 Å². The standard InChI is InChI=1S/C14H19BrN2O2.ClH/c1-9-5-6-16-8-13(9)17-14(18)11-7-10(19-2)3-4-12(11)15;/h3-4,7,9,13,16H,5-6,8H2,1-2H3,(H,17,18);1H. The third-order valence-electron chi connectivity index (χ3n) is 3.56. The molecule has 1 aliphatic rings. The Morgan fingerprint density at radius 1 is 1.50 bits per heavy atom. The van der Waals surface area contributed by atoms with Crippen molar-refractivity contribution in [2.45, 2.75) is 19.4 Å². The molecule has 2 rings (SSSR count). The van der Waals surface area contributed by atoms with Crippen molar-refractivity contribution in [3.05, 3.63) is 28.2 Å². The number of ether oxygens (including phenoxy) is 1. The Bertz CT molecular complexity index is 470. The Morgan fingerprint density at radius 3 is 2.90 bits per heavy atom. The van der Waals surface area contributed by atoms with E-state index in [2.05, 4.69) is 33.5 Å². The highest BCUT2D eigenvalue weighted by molar-refractivity contribution is 9.10. The average Bonchev–Trinajstić information content (AvgIpc) is 2.42. The molecule has 0 aromatic heterocycles. The van der Waals surface area contributed by atoms with Gasteiger partial charge in [-0.25, -0.2) is 0 Å². The zero-order valence-electron chi connectivity index (χ0n) is 11.6. The molecule has 6 heteroatoms. The van der Waals surface area contributed by atoms with Crippen molar-refractivity contribution in [1.82, 2.24) is 10.6 Å². The molecule has 1 aromatic carbocycles. The van der Waals surface area contributed by atoms with Crippen molar-refractivity contribution in [2.24, 2.45) is 5.92 Å². The molecule has 1 amide bonds. The van der Waals surface area contributed by atoms with Gasteiger partial charge in [0.15, 0.2) is 0 Å². The van der Waals surface area contributed by atoms with Crippen molar-refractivity contribution in [3.63, 3.8) is 0 Å². The first-order valence-electron chi connectivity index (χ1n) is 6.47. The zero-order chi connectivity index (χ0) is 13.8. The fourth-order valence-electron chi connectivity index (χ4n) is 2.23. The van der Waals surface area contributed by atoms with Crippen LogP contribution in [0.5, 0.6) is 5.75 Å². The second-order valence-electron chi connectivity index (χ2n) is 4.90. The van der Waals surface area contributed by atoms with E-state index in [0.717, 1.165) is 24.0 Å². The minimum Gasteiger partial charge on any atom is -0.497 e. The molecule has 0 saturated carbocycles. The Morgan fingerprint density at radius 2 is 2.25 bits per heavy atom. The van der Waals surface area contributed by atoms with Crippen LogP contribution in [0.2, 0.25) is 0 Å². The predicted molar refractivity (Wildman–Crippen MR) is 85.8 cm³/mol. The molecular weight excluding hydrogens is 344 g/mol. The fraction of sp³-hybridized carbons (Fsp3) is 0.500. The summed E-state index contributed by atoms with van der Waals surface area (Å²) in [7, 11) is 1.60. The Kier molecular flexibility index (Phi) is 6.79. The third-order valence-corrected chi connectivity index (χ3v) is 4.25. The monoisotopic (exact) mass is 362 g/mol. The van der Waals surface area contributed by atoms with Crippen LogP contribution in [0.3, 0.4) is 0 Å². The molecule has 20 heavy (non-hydrogen) atoms. The van der Waals surface area contributed by atoms with Crippen LogP contribution in [-0.2, 0) is 0 Å². The molecule has 1 fully saturated rings. The lowest BCUT2D eigenvalue weighted by atomic mass is 9.94. The summed E-state index contributed by atoms with van der Waals surface area (Å²) in [6.45, 7) is 4.03. The molecule has 0 bridgehead atoms. The van der Waals surface area contributed by atoms with E-state index in [1.807, 2.05) is 12.1 Å². The van der Waals surface area contributed by atoms with E-state index >= 15 is 0 Å². The summed E-state index contributed by atoms with van der Waals surface area (Å²) >= 11 is 3.41. The summed E-state index contributed by atoms with van der Waals surface area (Å²) in [5, 5.41) is 6.40. The largest absolute Gasteiger partial charge is 0.497 e. The summed E-state index contributed by atoms with van der Waals surface area (Å²) in [5.74, 6) is 1.11. The SMILES string of the molecule is COc1ccc(Br)c(C(=O)NC2CNCCC2C)c1.Cl. The van der Waals surface area contributed by atoms with Gasteiger partial charge in [0.2, 0.25) is 0 Å². The highest BCUT2D eigenvalue weighted by Gasteiger charge is 2.23. The van der Waals surface area contributed by atoms with Gasteiger partial charge in [0.05, 0.1) is 12.7 Å². The van der Waals surface area contributed by atoms with E-state index in [1.165, 1.54) is 0 Å². The maximum absolute atomic E-state index is 12.3. The number of halogens is 2. The molecular formula is C14H20BrClN2O2. The number of piperidine rings is 1. The molecule has 1 aromatic rings. The van der Waals surface area contributed by atoms with Gasteiger partial charge < -0.3 is 15.4 Å². The maximum atomic E-state index is 12.3. The van der Waals surface area contributed by atoms with Crippen LogP contribution < -0.4 is 15.4 Å². The van der Waals surface area contributed by atoms with Gasteiger partial charge >= 0.3 is 0 Å². The van der Waals surface area contributed by atoms with Crippen LogP contribution in [0.15, 0.2) is 22.7 Å². The summed E-state index contributed by atoms with van der Waals surface area (Å²) < 4.78 is 5.94. The minimum atomic E-state index is -0.0636.